The largest absolute Gasteiger partial charge is 0.496 e. The molecule has 2 aliphatic heterocycles. The van der Waals surface area contributed by atoms with Gasteiger partial charge in [-0.05, 0) is 80.0 Å². The van der Waals surface area contributed by atoms with E-state index in [2.05, 4.69) is 40.3 Å². The lowest BCUT2D eigenvalue weighted by atomic mass is 9.56. The second-order valence-electron chi connectivity index (χ2n) is 12.7. The molecule has 3 aliphatic rings. The van der Waals surface area contributed by atoms with Gasteiger partial charge in [-0.2, -0.15) is 18.4 Å². The Labute approximate surface area is 250 Å². The lowest BCUT2D eigenvalue weighted by Gasteiger charge is -2.53. The molecule has 1 amide bonds. The molecule has 2 saturated heterocycles. The van der Waals surface area contributed by atoms with Crippen LogP contribution in [0.3, 0.4) is 0 Å². The number of nitrogens with one attached hydrogen (secondary N) is 2. The Balaban J connectivity index is 1.16. The molecule has 0 bridgehead atoms. The van der Waals surface area contributed by atoms with Gasteiger partial charge in [0.05, 0.1) is 19.1 Å². The van der Waals surface area contributed by atoms with Gasteiger partial charge in [0.25, 0.3) is 5.91 Å². The summed E-state index contributed by atoms with van der Waals surface area (Å²) >= 11 is 0. The average molecular weight is 594 g/mol. The maximum Gasteiger partial charge on any atom is 0.394 e. The number of aryl methyl sites for hydroxylation is 1. The molecule has 1 aromatic heterocycles. The number of hydrogen-bond acceptors (Lipinski definition) is 5. The van der Waals surface area contributed by atoms with Crippen LogP contribution in [0.1, 0.15) is 58.8 Å². The number of ether oxygens (including phenoxy) is 1. The number of benzene rings is 2. The van der Waals surface area contributed by atoms with Crippen molar-refractivity contribution in [1.29, 1.82) is 5.26 Å². The highest BCUT2D eigenvalue weighted by molar-refractivity contribution is 5.94. The van der Waals surface area contributed by atoms with E-state index in [-0.39, 0.29) is 36.4 Å². The molecule has 1 aliphatic carbocycles. The smallest absolute Gasteiger partial charge is 0.394 e. The molecule has 6 rings (SSSR count). The van der Waals surface area contributed by atoms with Gasteiger partial charge in [0.2, 0.25) is 0 Å². The van der Waals surface area contributed by atoms with Crippen LogP contribution in [-0.2, 0) is 6.54 Å². The molecule has 1 atom stereocenters. The number of halogens is 3. The van der Waals surface area contributed by atoms with Crippen LogP contribution < -0.4 is 10.1 Å². The zero-order valence-electron chi connectivity index (χ0n) is 24.6. The molecular formula is C33H38F3N5O2. The average Bonchev–Trinajstić information content (AvgIpc) is 3.44. The first-order valence-electron chi connectivity index (χ1n) is 15.0. The molecule has 2 aromatic carbocycles. The third kappa shape index (κ3) is 5.85. The van der Waals surface area contributed by atoms with E-state index >= 15 is 0 Å². The van der Waals surface area contributed by atoms with Crippen LogP contribution >= 0.6 is 0 Å². The number of nitrogens with zero attached hydrogens (tertiary/aromatic N) is 3. The van der Waals surface area contributed by atoms with Crippen LogP contribution in [0.25, 0.3) is 10.9 Å². The van der Waals surface area contributed by atoms with Crippen LogP contribution in [-0.4, -0.2) is 66.7 Å². The summed E-state index contributed by atoms with van der Waals surface area (Å²) in [5.41, 5.74) is 5.22. The number of piperidine rings is 1. The van der Waals surface area contributed by atoms with E-state index in [9.17, 15) is 23.2 Å². The van der Waals surface area contributed by atoms with Gasteiger partial charge in [-0.3, -0.25) is 9.69 Å². The topological polar surface area (TPSA) is 84.4 Å². The Kier molecular flexibility index (Phi) is 7.90. The molecule has 1 spiro atoms. The first-order valence-corrected chi connectivity index (χ1v) is 15.0. The predicted molar refractivity (Wildman–Crippen MR) is 158 cm³/mol. The van der Waals surface area contributed by atoms with E-state index in [1.54, 1.807) is 12.0 Å². The van der Waals surface area contributed by atoms with Gasteiger partial charge >= 0.3 is 6.18 Å². The van der Waals surface area contributed by atoms with Crippen LogP contribution in [0, 0.1) is 35.5 Å². The highest BCUT2D eigenvalue weighted by Gasteiger charge is 2.49. The Morgan fingerprint density at radius 3 is 2.60 bits per heavy atom. The second-order valence-corrected chi connectivity index (χ2v) is 12.7. The molecule has 0 radical (unpaired) electrons. The number of H-pyrrole nitrogens is 1. The van der Waals surface area contributed by atoms with Crippen molar-refractivity contribution in [2.45, 2.75) is 51.4 Å². The first-order chi connectivity index (χ1) is 20.6. The fourth-order valence-corrected chi connectivity index (χ4v) is 7.37. The molecular weight excluding hydrogens is 555 g/mol. The van der Waals surface area contributed by atoms with Crippen LogP contribution in [0.5, 0.6) is 5.75 Å². The zero-order valence-corrected chi connectivity index (χ0v) is 24.6. The maximum absolute atomic E-state index is 12.8. The van der Waals surface area contributed by atoms with Crippen molar-refractivity contribution in [3.63, 3.8) is 0 Å². The number of aromatic amines is 1. The number of hydrogen-bond donors (Lipinski definition) is 2. The molecule has 0 unspecified atom stereocenters. The number of rotatable bonds is 8. The Hall–Kier alpha value is -3.55. The van der Waals surface area contributed by atoms with E-state index in [1.807, 2.05) is 30.5 Å². The lowest BCUT2D eigenvalue weighted by Crippen LogP contribution is -2.54. The van der Waals surface area contributed by atoms with Gasteiger partial charge in [0.1, 0.15) is 5.75 Å². The molecule has 2 N–H and O–H groups in total. The van der Waals surface area contributed by atoms with Crippen LogP contribution in [0.4, 0.5) is 13.2 Å². The summed E-state index contributed by atoms with van der Waals surface area (Å²) in [7, 11) is 1.71. The quantitative estimate of drug-likeness (QED) is 0.337. The van der Waals surface area contributed by atoms with Crippen LogP contribution in [0.15, 0.2) is 42.6 Å². The minimum atomic E-state index is -4.15. The third-order valence-electron chi connectivity index (χ3n) is 9.92. The number of alkyl halides is 3. The molecule has 1 saturated carbocycles. The maximum atomic E-state index is 12.8. The Morgan fingerprint density at radius 2 is 1.93 bits per heavy atom. The van der Waals surface area contributed by atoms with Gasteiger partial charge in [0, 0.05) is 72.9 Å². The summed E-state index contributed by atoms with van der Waals surface area (Å²) < 4.78 is 44.0. The van der Waals surface area contributed by atoms with Crippen molar-refractivity contribution in [3.05, 3.63) is 64.8 Å². The minimum absolute atomic E-state index is 0.00731. The summed E-state index contributed by atoms with van der Waals surface area (Å²) in [6, 6.07) is 14.5. The molecule has 7 nitrogen and oxygen atoms in total. The zero-order chi connectivity index (χ0) is 30.4. The fraction of sp³-hybridized carbons (Fsp3) is 0.515. The molecule has 43 heavy (non-hydrogen) atoms. The highest BCUT2D eigenvalue weighted by atomic mass is 19.4. The summed E-state index contributed by atoms with van der Waals surface area (Å²) in [6.07, 6.45) is 1.69. The third-order valence-corrected chi connectivity index (χ3v) is 9.92. The standard InChI is InChI=1S/C33H38F3N5O2/c1-21-13-29(43-2)27(26-7-9-38-30(21)26)20-41-11-8-32(14-22(15-32)17-37)16-28(41)23-3-5-24(6-4-23)31(42)39-10-12-40-18-25(19-40)33(34,35)36/h3-7,9,13,22,25,28,38H,8,10-12,14-16,18-20H2,1-2H3,(H,39,42)/t22?,28-,32?/m0/s1. The Morgan fingerprint density at radius 1 is 1.19 bits per heavy atom. The lowest BCUT2D eigenvalue weighted by molar-refractivity contribution is -0.208. The van der Waals surface area contributed by atoms with E-state index in [4.69, 9.17) is 4.74 Å². The summed E-state index contributed by atoms with van der Waals surface area (Å²) in [4.78, 5) is 20.4. The minimum Gasteiger partial charge on any atom is -0.496 e. The van der Waals surface area contributed by atoms with Crippen molar-refractivity contribution in [2.24, 2.45) is 17.3 Å². The predicted octanol–water partition coefficient (Wildman–Crippen LogP) is 5.97. The van der Waals surface area contributed by atoms with Crippen molar-refractivity contribution >= 4 is 16.8 Å². The molecule has 228 valence electrons. The summed E-state index contributed by atoms with van der Waals surface area (Å²) in [5, 5.41) is 13.5. The van der Waals surface area contributed by atoms with E-state index in [0.717, 1.165) is 65.6 Å². The monoisotopic (exact) mass is 593 g/mol. The van der Waals surface area contributed by atoms with Gasteiger partial charge in [-0.25, -0.2) is 0 Å². The second kappa shape index (κ2) is 11.5. The summed E-state index contributed by atoms with van der Waals surface area (Å²) in [5.74, 6) is -0.492. The number of likely N-dealkylation sites (tertiary alicyclic amines) is 2. The molecule has 10 heteroatoms. The summed E-state index contributed by atoms with van der Waals surface area (Å²) in [6.45, 7) is 4.38. The van der Waals surface area contributed by atoms with Gasteiger partial charge < -0.3 is 19.9 Å². The number of aromatic nitrogens is 1. The molecule has 3 aromatic rings. The first kappa shape index (κ1) is 29.5. The highest BCUT2D eigenvalue weighted by Crippen LogP contribution is 2.57. The number of fused-ring (bicyclic) bond motifs is 1. The van der Waals surface area contributed by atoms with E-state index in [0.29, 0.717) is 25.2 Å². The van der Waals surface area contributed by atoms with Crippen LogP contribution in [0.2, 0.25) is 0 Å². The Bertz CT molecular complexity index is 1510. The number of carbonyl (C=O) groups is 1. The van der Waals surface area contributed by atoms with E-state index in [1.165, 1.54) is 0 Å². The van der Waals surface area contributed by atoms with Crippen molar-refractivity contribution < 1.29 is 22.7 Å². The normalized spacial score (nSPS) is 24.8. The molecule has 3 fully saturated rings. The SMILES string of the molecule is COc1cc(C)c2[nH]ccc2c1CN1CCC2(CC(C#N)C2)C[C@H]1c1ccc(C(=O)NCCN2CC(C(F)(F)F)C2)cc1. The number of nitriles is 1. The fourth-order valence-electron chi connectivity index (χ4n) is 7.37. The number of methoxy groups -OCH3 is 1. The number of carbonyl (C=O) groups excluding carboxylic acids is 1. The van der Waals surface area contributed by atoms with Gasteiger partial charge in [0.15, 0.2) is 0 Å². The number of amides is 1. The molecule has 3 heterocycles. The van der Waals surface area contributed by atoms with Crippen molar-refractivity contribution in [1.82, 2.24) is 20.1 Å². The van der Waals surface area contributed by atoms with Crippen molar-refractivity contribution in [3.8, 4) is 11.8 Å². The van der Waals surface area contributed by atoms with Crippen molar-refractivity contribution in [2.75, 3.05) is 39.8 Å². The van der Waals surface area contributed by atoms with Gasteiger partial charge in [-0.1, -0.05) is 12.1 Å². The van der Waals surface area contributed by atoms with E-state index < -0.39 is 12.1 Å². The van der Waals surface area contributed by atoms with Gasteiger partial charge in [-0.15, -0.1) is 0 Å².